The molecule has 2 heteroatoms. The summed E-state index contributed by atoms with van der Waals surface area (Å²) in [6.45, 7) is 2.67. The van der Waals surface area contributed by atoms with E-state index in [0.717, 1.165) is 11.5 Å². The molecule has 0 bridgehead atoms. The van der Waals surface area contributed by atoms with Crippen LogP contribution in [0.25, 0.3) is 0 Å². The molecule has 70 valence electrons. The second kappa shape index (κ2) is 5.70. The van der Waals surface area contributed by atoms with Gasteiger partial charge in [0.1, 0.15) is 12.4 Å². The summed E-state index contributed by atoms with van der Waals surface area (Å²) in [5, 5.41) is 0. The molecule has 0 atom stereocenters. The zero-order chi connectivity index (χ0) is 9.52. The lowest BCUT2D eigenvalue weighted by Crippen LogP contribution is -1.92. The van der Waals surface area contributed by atoms with Gasteiger partial charge in [-0.25, -0.2) is 0 Å². The van der Waals surface area contributed by atoms with Gasteiger partial charge in [0.05, 0.1) is 0 Å². The van der Waals surface area contributed by atoms with E-state index in [4.69, 9.17) is 4.74 Å². The lowest BCUT2D eigenvalue weighted by molar-refractivity contribution is 0.362. The Balaban J connectivity index is 2.37. The van der Waals surface area contributed by atoms with Crippen molar-refractivity contribution in [3.63, 3.8) is 0 Å². The van der Waals surface area contributed by atoms with Crippen LogP contribution in [-0.4, -0.2) is 12.4 Å². The van der Waals surface area contributed by atoms with Gasteiger partial charge in [-0.1, -0.05) is 29.8 Å². The smallest absolute Gasteiger partial charge is 0.119 e. The molecule has 13 heavy (non-hydrogen) atoms. The largest absolute Gasteiger partial charge is 0.490 e. The number of ether oxygens (including phenoxy) is 1. The Morgan fingerprint density at radius 1 is 1.23 bits per heavy atom. The first-order chi connectivity index (χ1) is 6.33. The number of thiol groups is 1. The highest BCUT2D eigenvalue weighted by atomic mass is 32.1. The molecule has 0 heterocycles. The third-order valence-corrected chi connectivity index (χ3v) is 1.85. The van der Waals surface area contributed by atoms with Crippen LogP contribution in [0.4, 0.5) is 0 Å². The molecule has 0 amide bonds. The van der Waals surface area contributed by atoms with Gasteiger partial charge in [0.25, 0.3) is 0 Å². The normalized spacial score (nSPS) is 10.6. The molecular formula is C11H14OS. The van der Waals surface area contributed by atoms with Crippen molar-refractivity contribution in [1.82, 2.24) is 0 Å². The SMILES string of the molecule is Cc1ccc(OCC=CCS)cc1. The van der Waals surface area contributed by atoms with Crippen LogP contribution in [0.15, 0.2) is 36.4 Å². The molecule has 0 unspecified atom stereocenters. The van der Waals surface area contributed by atoms with E-state index in [1.165, 1.54) is 5.56 Å². The summed E-state index contributed by atoms with van der Waals surface area (Å²) >= 11 is 4.05. The molecule has 0 fully saturated rings. The van der Waals surface area contributed by atoms with Gasteiger partial charge in [-0.3, -0.25) is 0 Å². The average molecular weight is 194 g/mol. The van der Waals surface area contributed by atoms with Gasteiger partial charge in [-0.15, -0.1) is 0 Å². The Kier molecular flexibility index (Phi) is 4.47. The van der Waals surface area contributed by atoms with Crippen molar-refractivity contribution >= 4 is 12.6 Å². The maximum atomic E-state index is 5.44. The molecule has 0 spiro atoms. The topological polar surface area (TPSA) is 9.23 Å². The van der Waals surface area contributed by atoms with Gasteiger partial charge in [-0.05, 0) is 19.1 Å². The van der Waals surface area contributed by atoms with Crippen LogP contribution in [0, 0.1) is 6.92 Å². The molecule has 1 aromatic rings. The van der Waals surface area contributed by atoms with Crippen molar-refractivity contribution < 1.29 is 4.74 Å². The molecule has 0 radical (unpaired) electrons. The Bertz CT molecular complexity index is 264. The van der Waals surface area contributed by atoms with Crippen LogP contribution in [0.3, 0.4) is 0 Å². The van der Waals surface area contributed by atoms with Crippen molar-refractivity contribution in [2.45, 2.75) is 6.92 Å². The summed E-state index contributed by atoms with van der Waals surface area (Å²) in [5.41, 5.74) is 1.25. The molecule has 0 aliphatic carbocycles. The predicted molar refractivity (Wildman–Crippen MR) is 59.7 cm³/mol. The highest BCUT2D eigenvalue weighted by Gasteiger charge is 1.89. The summed E-state index contributed by atoms with van der Waals surface area (Å²) in [4.78, 5) is 0. The van der Waals surface area contributed by atoms with Gasteiger partial charge in [0.2, 0.25) is 0 Å². The second-order valence-electron chi connectivity index (χ2n) is 2.78. The van der Waals surface area contributed by atoms with E-state index in [0.29, 0.717) is 6.61 Å². The Morgan fingerprint density at radius 2 is 1.92 bits per heavy atom. The maximum Gasteiger partial charge on any atom is 0.119 e. The Labute approximate surface area is 84.8 Å². The fourth-order valence-corrected chi connectivity index (χ4v) is 1.07. The number of rotatable bonds is 4. The van der Waals surface area contributed by atoms with Crippen molar-refractivity contribution in [2.24, 2.45) is 0 Å². The number of benzene rings is 1. The summed E-state index contributed by atoms with van der Waals surface area (Å²) in [6.07, 6.45) is 3.93. The van der Waals surface area contributed by atoms with Gasteiger partial charge in [-0.2, -0.15) is 12.6 Å². The van der Waals surface area contributed by atoms with Crippen LogP contribution in [0.1, 0.15) is 5.56 Å². The Hall–Kier alpha value is -0.890. The number of hydrogen-bond acceptors (Lipinski definition) is 2. The van der Waals surface area contributed by atoms with E-state index in [2.05, 4.69) is 19.6 Å². The summed E-state index contributed by atoms with van der Waals surface area (Å²) in [5.74, 6) is 1.67. The second-order valence-corrected chi connectivity index (χ2v) is 3.14. The van der Waals surface area contributed by atoms with E-state index in [1.54, 1.807) is 0 Å². The minimum absolute atomic E-state index is 0.615. The van der Waals surface area contributed by atoms with Crippen LogP contribution < -0.4 is 4.74 Å². The fraction of sp³-hybridized carbons (Fsp3) is 0.273. The zero-order valence-electron chi connectivity index (χ0n) is 7.73. The van der Waals surface area contributed by atoms with E-state index in [9.17, 15) is 0 Å². The third-order valence-electron chi connectivity index (χ3n) is 1.64. The molecule has 0 saturated carbocycles. The van der Waals surface area contributed by atoms with Gasteiger partial charge >= 0.3 is 0 Å². The first-order valence-corrected chi connectivity index (χ1v) is 4.91. The van der Waals surface area contributed by atoms with Gasteiger partial charge < -0.3 is 4.74 Å². The molecule has 0 aliphatic rings. The quantitative estimate of drug-likeness (QED) is 0.573. The van der Waals surface area contributed by atoms with E-state index >= 15 is 0 Å². The molecule has 0 aliphatic heterocycles. The molecule has 1 rings (SSSR count). The Morgan fingerprint density at radius 3 is 2.54 bits per heavy atom. The lowest BCUT2D eigenvalue weighted by Gasteiger charge is -2.02. The van der Waals surface area contributed by atoms with Gasteiger partial charge in [0, 0.05) is 5.75 Å². The van der Waals surface area contributed by atoms with E-state index in [1.807, 2.05) is 36.4 Å². The number of aryl methyl sites for hydroxylation is 1. The molecular weight excluding hydrogens is 180 g/mol. The van der Waals surface area contributed by atoms with Crippen LogP contribution in [0.5, 0.6) is 5.75 Å². The first kappa shape index (κ1) is 10.2. The van der Waals surface area contributed by atoms with E-state index < -0.39 is 0 Å². The zero-order valence-corrected chi connectivity index (χ0v) is 8.63. The van der Waals surface area contributed by atoms with E-state index in [-0.39, 0.29) is 0 Å². The first-order valence-electron chi connectivity index (χ1n) is 4.28. The predicted octanol–water partition coefficient (Wildman–Crippen LogP) is 2.86. The molecule has 0 N–H and O–H groups in total. The fourth-order valence-electron chi connectivity index (χ4n) is 0.921. The molecule has 1 nitrogen and oxygen atoms in total. The van der Waals surface area contributed by atoms with Crippen LogP contribution >= 0.6 is 12.6 Å². The van der Waals surface area contributed by atoms with Crippen molar-refractivity contribution in [3.8, 4) is 5.75 Å². The monoisotopic (exact) mass is 194 g/mol. The van der Waals surface area contributed by atoms with Crippen molar-refractivity contribution in [3.05, 3.63) is 42.0 Å². The molecule has 1 aromatic carbocycles. The summed E-state index contributed by atoms with van der Waals surface area (Å²) in [6, 6.07) is 8.03. The minimum atomic E-state index is 0.615. The standard InChI is InChI=1S/C11H14OS/c1-10-4-6-11(7-5-10)12-8-2-3-9-13/h2-7,13H,8-9H2,1H3. The highest BCUT2D eigenvalue weighted by molar-refractivity contribution is 7.80. The maximum absolute atomic E-state index is 5.44. The highest BCUT2D eigenvalue weighted by Crippen LogP contribution is 2.10. The summed E-state index contributed by atoms with van der Waals surface area (Å²) in [7, 11) is 0. The lowest BCUT2D eigenvalue weighted by atomic mass is 10.2. The summed E-state index contributed by atoms with van der Waals surface area (Å²) < 4.78 is 5.44. The average Bonchev–Trinajstić information content (AvgIpc) is 2.15. The van der Waals surface area contributed by atoms with Crippen LogP contribution in [-0.2, 0) is 0 Å². The third kappa shape index (κ3) is 4.04. The number of hydrogen-bond donors (Lipinski definition) is 1. The van der Waals surface area contributed by atoms with Gasteiger partial charge in [0.15, 0.2) is 0 Å². The molecule has 0 saturated heterocycles. The van der Waals surface area contributed by atoms with Crippen LogP contribution in [0.2, 0.25) is 0 Å². The van der Waals surface area contributed by atoms with Crippen molar-refractivity contribution in [2.75, 3.05) is 12.4 Å². The van der Waals surface area contributed by atoms with Crippen molar-refractivity contribution in [1.29, 1.82) is 0 Å². The minimum Gasteiger partial charge on any atom is -0.490 e. The molecule has 0 aromatic heterocycles.